The van der Waals surface area contributed by atoms with Crippen LogP contribution in [0.5, 0.6) is 5.75 Å². The predicted octanol–water partition coefficient (Wildman–Crippen LogP) is 2.98. The van der Waals surface area contributed by atoms with Gasteiger partial charge in [0.2, 0.25) is 0 Å². The van der Waals surface area contributed by atoms with Gasteiger partial charge in [-0.25, -0.2) is 8.78 Å². The minimum atomic E-state index is -5.19. The molecule has 0 aliphatic carbocycles. The zero-order chi connectivity index (χ0) is 11.6. The molecule has 0 aromatic heterocycles. The third kappa shape index (κ3) is 3.71. The van der Waals surface area contributed by atoms with Gasteiger partial charge in [-0.2, -0.15) is 8.42 Å². The first-order valence-electron chi connectivity index (χ1n) is 3.51. The van der Waals surface area contributed by atoms with E-state index >= 15 is 0 Å². The molecule has 0 atom stereocenters. The van der Waals surface area contributed by atoms with E-state index < -0.39 is 28.2 Å². The molecule has 0 saturated heterocycles. The molecule has 0 N–H and O–H groups in total. The largest absolute Gasteiger partial charge is 0.488 e. The van der Waals surface area contributed by atoms with Crippen molar-refractivity contribution in [3.63, 3.8) is 0 Å². The Kier molecular flexibility index (Phi) is 3.61. The summed E-state index contributed by atoms with van der Waals surface area (Å²) in [4.78, 5) is 0. The molecule has 0 aliphatic heterocycles. The monoisotopic (exact) mass is 304 g/mol. The molecule has 0 saturated carbocycles. The van der Waals surface area contributed by atoms with Crippen molar-refractivity contribution < 1.29 is 25.3 Å². The molecule has 0 bridgehead atoms. The summed E-state index contributed by atoms with van der Waals surface area (Å²) in [7, 11) is -5.19. The highest BCUT2D eigenvalue weighted by Gasteiger charge is 2.15. The van der Waals surface area contributed by atoms with E-state index in [1.807, 2.05) is 0 Å². The van der Waals surface area contributed by atoms with E-state index in [4.69, 9.17) is 0 Å². The summed E-state index contributed by atoms with van der Waals surface area (Å²) in [6.07, 6.45) is -2.81. The number of rotatable bonds is 3. The van der Waals surface area contributed by atoms with E-state index in [0.29, 0.717) is 0 Å². The highest BCUT2D eigenvalue weighted by atomic mass is 79.9. The molecule has 1 rings (SSSR count). The van der Waals surface area contributed by atoms with Crippen molar-refractivity contribution in [2.24, 2.45) is 0 Å². The first-order chi connectivity index (χ1) is 6.79. The van der Waals surface area contributed by atoms with Crippen molar-refractivity contribution in [3.05, 3.63) is 28.2 Å². The highest BCUT2D eigenvalue weighted by Crippen LogP contribution is 2.31. The molecule has 1 aromatic carbocycles. The van der Waals surface area contributed by atoms with Crippen LogP contribution in [0.2, 0.25) is 0 Å². The van der Waals surface area contributed by atoms with Crippen LogP contribution in [-0.4, -0.2) is 8.42 Å². The average molecular weight is 305 g/mol. The quantitative estimate of drug-likeness (QED) is 0.806. The number of benzene rings is 1. The van der Waals surface area contributed by atoms with E-state index in [9.17, 15) is 21.1 Å². The summed E-state index contributed by atoms with van der Waals surface area (Å²) < 4.78 is 60.7. The lowest BCUT2D eigenvalue weighted by Crippen LogP contribution is -2.01. The van der Waals surface area contributed by atoms with Crippen LogP contribution < -0.4 is 4.18 Å². The molecular formula is C7H4BrF3O3S. The fourth-order valence-electron chi connectivity index (χ4n) is 0.856. The Labute approximate surface area is 92.4 Å². The summed E-state index contributed by atoms with van der Waals surface area (Å²) in [5, 5.41) is 0. The van der Waals surface area contributed by atoms with Gasteiger partial charge < -0.3 is 4.18 Å². The van der Waals surface area contributed by atoms with Gasteiger partial charge in [-0.15, -0.1) is 0 Å². The van der Waals surface area contributed by atoms with Gasteiger partial charge in [0, 0.05) is 10.0 Å². The number of hydrogen-bond acceptors (Lipinski definition) is 3. The fraction of sp³-hybridized carbons (Fsp3) is 0.143. The molecule has 0 heterocycles. The van der Waals surface area contributed by atoms with Crippen LogP contribution in [0.15, 0.2) is 22.7 Å². The molecule has 0 amide bonds. The molecule has 0 unspecified atom stereocenters. The third-order valence-electron chi connectivity index (χ3n) is 1.40. The van der Waals surface area contributed by atoms with Gasteiger partial charge >= 0.3 is 10.5 Å². The van der Waals surface area contributed by atoms with Gasteiger partial charge in [0.05, 0.1) is 0 Å². The first-order valence-corrected chi connectivity index (χ1v) is 5.61. The van der Waals surface area contributed by atoms with Crippen LogP contribution >= 0.6 is 15.9 Å². The van der Waals surface area contributed by atoms with Crippen LogP contribution in [0.3, 0.4) is 0 Å². The van der Waals surface area contributed by atoms with E-state index in [1.165, 1.54) is 0 Å². The minimum Gasteiger partial charge on any atom is -0.358 e. The summed E-state index contributed by atoms with van der Waals surface area (Å²) in [6, 6.07) is 2.93. The van der Waals surface area contributed by atoms with Crippen molar-refractivity contribution in [2.45, 2.75) is 6.43 Å². The van der Waals surface area contributed by atoms with Gasteiger partial charge in [-0.05, 0) is 18.2 Å². The lowest BCUT2D eigenvalue weighted by atomic mass is 10.2. The third-order valence-corrected chi connectivity index (χ3v) is 2.51. The maximum absolute atomic E-state index is 12.3. The van der Waals surface area contributed by atoms with Crippen molar-refractivity contribution in [3.8, 4) is 5.75 Å². The zero-order valence-corrected chi connectivity index (χ0v) is 9.36. The van der Waals surface area contributed by atoms with Gasteiger partial charge in [-0.3, -0.25) is 0 Å². The van der Waals surface area contributed by atoms with Crippen molar-refractivity contribution in [1.82, 2.24) is 0 Å². The second kappa shape index (κ2) is 4.40. The SMILES string of the molecule is O=S(=O)(F)Oc1ccc(Br)c(C(F)F)c1. The van der Waals surface area contributed by atoms with Crippen molar-refractivity contribution in [1.29, 1.82) is 0 Å². The van der Waals surface area contributed by atoms with E-state index in [2.05, 4.69) is 20.1 Å². The molecule has 15 heavy (non-hydrogen) atoms. The fourth-order valence-corrected chi connectivity index (χ4v) is 1.61. The summed E-state index contributed by atoms with van der Waals surface area (Å²) in [5.41, 5.74) is -0.476. The Bertz CT molecular complexity index is 461. The van der Waals surface area contributed by atoms with Gasteiger partial charge in [-0.1, -0.05) is 19.8 Å². The lowest BCUT2D eigenvalue weighted by molar-refractivity contribution is 0.150. The summed E-state index contributed by atoms with van der Waals surface area (Å²) >= 11 is 2.83. The van der Waals surface area contributed by atoms with Crippen LogP contribution in [0.1, 0.15) is 12.0 Å². The maximum Gasteiger partial charge on any atom is 0.488 e. The van der Waals surface area contributed by atoms with E-state index in [0.717, 1.165) is 18.2 Å². The molecule has 8 heteroatoms. The second-order valence-corrected chi connectivity index (χ2v) is 4.27. The highest BCUT2D eigenvalue weighted by molar-refractivity contribution is 9.10. The average Bonchev–Trinajstić information content (AvgIpc) is 2.05. The standard InChI is InChI=1S/C7H4BrF3O3S/c8-6-2-1-4(14-15(11,12)13)3-5(6)7(9)10/h1-3,7H. The van der Waals surface area contributed by atoms with E-state index in [-0.39, 0.29) is 4.47 Å². The van der Waals surface area contributed by atoms with Crippen molar-refractivity contribution in [2.75, 3.05) is 0 Å². The normalized spacial score (nSPS) is 11.8. The molecule has 1 aromatic rings. The molecule has 0 fully saturated rings. The summed E-state index contributed by atoms with van der Waals surface area (Å²) in [6.45, 7) is 0. The smallest absolute Gasteiger partial charge is 0.358 e. The summed E-state index contributed by atoms with van der Waals surface area (Å²) in [5.74, 6) is -0.504. The van der Waals surface area contributed by atoms with E-state index in [1.54, 1.807) is 0 Å². The maximum atomic E-state index is 12.3. The Balaban J connectivity index is 3.08. The molecule has 84 valence electrons. The van der Waals surface area contributed by atoms with Crippen LogP contribution in [0, 0.1) is 0 Å². The lowest BCUT2D eigenvalue weighted by Gasteiger charge is -2.05. The Morgan fingerprint density at radius 3 is 2.40 bits per heavy atom. The molecule has 0 radical (unpaired) electrons. The Morgan fingerprint density at radius 2 is 1.93 bits per heavy atom. The predicted molar refractivity (Wildman–Crippen MR) is 49.8 cm³/mol. The Morgan fingerprint density at radius 1 is 1.33 bits per heavy atom. The number of hydrogen-bond donors (Lipinski definition) is 0. The second-order valence-electron chi connectivity index (χ2n) is 2.46. The molecular weight excluding hydrogens is 301 g/mol. The van der Waals surface area contributed by atoms with Crippen LogP contribution in [-0.2, 0) is 10.5 Å². The molecule has 0 aliphatic rings. The zero-order valence-electron chi connectivity index (χ0n) is 6.95. The number of alkyl halides is 2. The van der Waals surface area contributed by atoms with Gasteiger partial charge in [0.1, 0.15) is 5.75 Å². The van der Waals surface area contributed by atoms with Crippen molar-refractivity contribution >= 4 is 26.4 Å². The molecule has 0 spiro atoms. The Hall–Kier alpha value is -0.760. The first kappa shape index (κ1) is 12.3. The number of halogens is 4. The van der Waals surface area contributed by atoms with Gasteiger partial charge in [0.25, 0.3) is 6.43 Å². The van der Waals surface area contributed by atoms with Gasteiger partial charge in [0.15, 0.2) is 0 Å². The van der Waals surface area contributed by atoms with Crippen LogP contribution in [0.25, 0.3) is 0 Å². The molecule has 3 nitrogen and oxygen atoms in total. The topological polar surface area (TPSA) is 43.4 Å². The van der Waals surface area contributed by atoms with Crippen LogP contribution in [0.4, 0.5) is 12.7 Å². The minimum absolute atomic E-state index is 0.0844.